The third kappa shape index (κ3) is 6.72. The van der Waals surface area contributed by atoms with Crippen LogP contribution in [0.1, 0.15) is 24.1 Å². The molecular weight excluding hydrogens is 373 g/mol. The fraction of sp³-hybridized carbons (Fsp3) is 0.294. The summed E-state index contributed by atoms with van der Waals surface area (Å²) in [5.41, 5.74) is 0.566. The van der Waals surface area contributed by atoms with Gasteiger partial charge in [-0.1, -0.05) is 6.07 Å². The summed E-state index contributed by atoms with van der Waals surface area (Å²) in [4.78, 5) is 15.6. The number of benzene rings is 1. The monoisotopic (exact) mass is 389 g/mol. The normalized spacial score (nSPS) is 12.4. The maximum atomic E-state index is 13.7. The molecular formula is C17H16F5N3O2. The van der Waals surface area contributed by atoms with Crippen molar-refractivity contribution in [2.24, 2.45) is 0 Å². The molecule has 2 amide bonds. The number of alkyl halides is 3. The second-order valence-electron chi connectivity index (χ2n) is 5.62. The van der Waals surface area contributed by atoms with Gasteiger partial charge in [0.25, 0.3) is 0 Å². The lowest BCUT2D eigenvalue weighted by atomic mass is 10.1. The molecule has 2 aromatic rings. The minimum Gasteiger partial charge on any atom is -0.468 e. The number of ether oxygens (including phenoxy) is 1. The van der Waals surface area contributed by atoms with Crippen LogP contribution < -0.4 is 15.4 Å². The quantitative estimate of drug-likeness (QED) is 0.738. The Hall–Kier alpha value is -2.91. The minimum atomic E-state index is -4.48. The minimum absolute atomic E-state index is 0.0185. The highest BCUT2D eigenvalue weighted by molar-refractivity contribution is 5.74. The molecule has 1 unspecified atom stereocenters. The highest BCUT2D eigenvalue weighted by Crippen LogP contribution is 2.18. The number of hydrogen-bond donors (Lipinski definition) is 2. The van der Waals surface area contributed by atoms with Crippen molar-refractivity contribution in [3.63, 3.8) is 0 Å². The highest BCUT2D eigenvalue weighted by atomic mass is 19.4. The van der Waals surface area contributed by atoms with E-state index < -0.39 is 36.5 Å². The van der Waals surface area contributed by atoms with Crippen molar-refractivity contribution in [2.45, 2.75) is 25.7 Å². The van der Waals surface area contributed by atoms with Gasteiger partial charge in [-0.25, -0.2) is 18.6 Å². The van der Waals surface area contributed by atoms with Gasteiger partial charge in [0.15, 0.2) is 6.61 Å². The second kappa shape index (κ2) is 8.65. The van der Waals surface area contributed by atoms with Crippen molar-refractivity contribution < 1.29 is 31.5 Å². The van der Waals surface area contributed by atoms with Gasteiger partial charge in [0.2, 0.25) is 5.88 Å². The molecule has 2 rings (SSSR count). The average Bonchev–Trinajstić information content (AvgIpc) is 2.58. The van der Waals surface area contributed by atoms with Crippen LogP contribution in [0.15, 0.2) is 36.5 Å². The molecule has 0 saturated heterocycles. The molecule has 0 fully saturated rings. The third-order valence-corrected chi connectivity index (χ3v) is 3.41. The Kier molecular flexibility index (Phi) is 6.54. The number of urea groups is 1. The molecule has 0 bridgehead atoms. The molecule has 0 spiro atoms. The molecule has 0 aliphatic carbocycles. The number of amides is 2. The van der Waals surface area contributed by atoms with Gasteiger partial charge in [-0.05, 0) is 24.6 Å². The fourth-order valence-electron chi connectivity index (χ4n) is 2.16. The van der Waals surface area contributed by atoms with E-state index in [1.807, 2.05) is 0 Å². The van der Waals surface area contributed by atoms with E-state index in [1.165, 1.54) is 31.3 Å². The summed E-state index contributed by atoms with van der Waals surface area (Å²) in [6.45, 7) is 0.0267. The number of carbonyl (C=O) groups excluding carboxylic acids is 1. The van der Waals surface area contributed by atoms with Gasteiger partial charge in [0, 0.05) is 30.4 Å². The first-order valence-corrected chi connectivity index (χ1v) is 7.78. The Morgan fingerprint density at radius 3 is 2.63 bits per heavy atom. The Morgan fingerprint density at radius 1 is 1.22 bits per heavy atom. The van der Waals surface area contributed by atoms with Crippen LogP contribution in [0.2, 0.25) is 0 Å². The van der Waals surface area contributed by atoms with Crippen LogP contribution in [0.4, 0.5) is 26.7 Å². The van der Waals surface area contributed by atoms with Gasteiger partial charge < -0.3 is 15.4 Å². The molecule has 146 valence electrons. The highest BCUT2D eigenvalue weighted by Gasteiger charge is 2.28. The molecule has 5 nitrogen and oxygen atoms in total. The van der Waals surface area contributed by atoms with E-state index >= 15 is 0 Å². The number of hydrogen-bond acceptors (Lipinski definition) is 3. The Morgan fingerprint density at radius 2 is 1.96 bits per heavy atom. The molecule has 0 radical (unpaired) electrons. The second-order valence-corrected chi connectivity index (χ2v) is 5.62. The van der Waals surface area contributed by atoms with E-state index in [-0.39, 0.29) is 18.0 Å². The van der Waals surface area contributed by atoms with Crippen LogP contribution in [0.25, 0.3) is 0 Å². The number of rotatable bonds is 6. The van der Waals surface area contributed by atoms with Crippen molar-refractivity contribution in [1.29, 1.82) is 0 Å². The van der Waals surface area contributed by atoms with E-state index in [1.54, 1.807) is 0 Å². The summed E-state index contributed by atoms with van der Waals surface area (Å²) in [5.74, 6) is -1.74. The average molecular weight is 389 g/mol. The van der Waals surface area contributed by atoms with Crippen LogP contribution >= 0.6 is 0 Å². The summed E-state index contributed by atoms with van der Waals surface area (Å²) in [6, 6.07) is 4.40. The first kappa shape index (κ1) is 20.4. The predicted octanol–water partition coefficient (Wildman–Crippen LogP) is 3.86. The number of nitrogens with zero attached hydrogens (tertiary/aromatic N) is 1. The zero-order valence-corrected chi connectivity index (χ0v) is 14.1. The maximum absolute atomic E-state index is 13.7. The van der Waals surface area contributed by atoms with Gasteiger partial charge in [0.05, 0.1) is 6.04 Å². The zero-order valence-electron chi connectivity index (χ0n) is 14.1. The van der Waals surface area contributed by atoms with E-state index in [9.17, 15) is 26.7 Å². The summed E-state index contributed by atoms with van der Waals surface area (Å²) in [6.07, 6.45) is -3.24. The molecule has 2 N–H and O–H groups in total. The van der Waals surface area contributed by atoms with Crippen LogP contribution in [-0.4, -0.2) is 23.8 Å². The lowest BCUT2D eigenvalue weighted by molar-refractivity contribution is -0.154. The number of aromatic nitrogens is 1. The predicted molar refractivity (Wildman–Crippen MR) is 85.9 cm³/mol. The van der Waals surface area contributed by atoms with Crippen molar-refractivity contribution >= 4 is 6.03 Å². The van der Waals surface area contributed by atoms with Crippen molar-refractivity contribution in [1.82, 2.24) is 15.6 Å². The molecule has 1 heterocycles. The lowest BCUT2D eigenvalue weighted by Crippen LogP contribution is -2.36. The van der Waals surface area contributed by atoms with Crippen molar-refractivity contribution in [2.75, 3.05) is 6.61 Å². The van der Waals surface area contributed by atoms with Gasteiger partial charge in [-0.3, -0.25) is 0 Å². The van der Waals surface area contributed by atoms with Crippen LogP contribution in [-0.2, 0) is 6.54 Å². The molecule has 10 heteroatoms. The largest absolute Gasteiger partial charge is 0.468 e. The zero-order chi connectivity index (χ0) is 20.0. The summed E-state index contributed by atoms with van der Waals surface area (Å²) >= 11 is 0. The fourth-order valence-corrected chi connectivity index (χ4v) is 2.16. The molecule has 0 aliphatic heterocycles. The van der Waals surface area contributed by atoms with Crippen LogP contribution in [0.3, 0.4) is 0 Å². The number of halogens is 5. The molecule has 1 atom stereocenters. The Balaban J connectivity index is 1.88. The molecule has 0 aliphatic rings. The van der Waals surface area contributed by atoms with Crippen molar-refractivity contribution in [3.8, 4) is 5.88 Å². The van der Waals surface area contributed by atoms with E-state index in [0.29, 0.717) is 11.6 Å². The summed E-state index contributed by atoms with van der Waals surface area (Å²) in [7, 11) is 0. The molecule has 27 heavy (non-hydrogen) atoms. The molecule has 1 aromatic carbocycles. The smallest absolute Gasteiger partial charge is 0.422 e. The van der Waals surface area contributed by atoms with Gasteiger partial charge >= 0.3 is 12.2 Å². The SMILES string of the molecule is CC(NC(=O)NCc1ccnc(OCC(F)(F)F)c1)c1ccc(F)cc1F. The van der Waals surface area contributed by atoms with Crippen LogP contribution in [0, 0.1) is 11.6 Å². The van der Waals surface area contributed by atoms with Crippen molar-refractivity contribution in [3.05, 3.63) is 59.3 Å². The first-order valence-electron chi connectivity index (χ1n) is 7.78. The standard InChI is InChI=1S/C17H16F5N3O2/c1-10(13-3-2-12(18)7-14(13)19)25-16(26)24-8-11-4-5-23-15(6-11)27-9-17(20,21)22/h2-7,10H,8-9H2,1H3,(H2,24,25,26). The molecule has 0 saturated carbocycles. The number of nitrogens with one attached hydrogen (secondary N) is 2. The lowest BCUT2D eigenvalue weighted by Gasteiger charge is -2.16. The number of pyridine rings is 1. The number of carbonyl (C=O) groups is 1. The van der Waals surface area contributed by atoms with Gasteiger partial charge in [-0.15, -0.1) is 0 Å². The maximum Gasteiger partial charge on any atom is 0.422 e. The molecule has 1 aromatic heterocycles. The van der Waals surface area contributed by atoms with Crippen LogP contribution in [0.5, 0.6) is 5.88 Å². The first-order chi connectivity index (χ1) is 12.6. The van der Waals surface area contributed by atoms with Gasteiger partial charge in [-0.2, -0.15) is 13.2 Å². The topological polar surface area (TPSA) is 63.2 Å². The van der Waals surface area contributed by atoms with E-state index in [4.69, 9.17) is 0 Å². The van der Waals surface area contributed by atoms with Gasteiger partial charge in [0.1, 0.15) is 11.6 Å². The third-order valence-electron chi connectivity index (χ3n) is 3.41. The Bertz CT molecular complexity index is 798. The van der Waals surface area contributed by atoms with E-state index in [2.05, 4.69) is 20.4 Å². The Labute approximate surface area is 151 Å². The summed E-state index contributed by atoms with van der Waals surface area (Å²) < 4.78 is 67.6. The van der Waals surface area contributed by atoms with E-state index in [0.717, 1.165) is 6.07 Å². The summed E-state index contributed by atoms with van der Waals surface area (Å²) in [5, 5.41) is 4.96.